The number of nitrogens with zero attached hydrogens (tertiary/aromatic N) is 1. The first-order valence-electron chi connectivity index (χ1n) is 10.6. The van der Waals surface area contributed by atoms with Gasteiger partial charge in [0.15, 0.2) is 0 Å². The zero-order valence-corrected chi connectivity index (χ0v) is 19.1. The number of anilines is 3. The Bertz CT molecular complexity index is 1380. The predicted octanol–water partition coefficient (Wildman–Crippen LogP) is 5.97. The van der Waals surface area contributed by atoms with Gasteiger partial charge in [0.1, 0.15) is 24.1 Å². The molecule has 0 fully saturated rings. The topological polar surface area (TPSA) is 100 Å². The van der Waals surface area contributed by atoms with Gasteiger partial charge in [0.2, 0.25) is 0 Å². The molecule has 0 aliphatic heterocycles. The van der Waals surface area contributed by atoms with Gasteiger partial charge >= 0.3 is 0 Å². The number of aromatic nitrogens is 1. The van der Waals surface area contributed by atoms with Crippen molar-refractivity contribution in [3.63, 3.8) is 0 Å². The Kier molecular flexibility index (Phi) is 7.12. The fourth-order valence-corrected chi connectivity index (χ4v) is 3.66. The number of nitrogen functional groups attached to an aromatic ring is 1. The fraction of sp³-hybridized carbons (Fsp3) is 0.0769. The average molecular weight is 495 g/mol. The summed E-state index contributed by atoms with van der Waals surface area (Å²) in [6, 6.07) is 18.4. The third-order valence-electron chi connectivity index (χ3n) is 5.30. The predicted molar refractivity (Wildman–Crippen MR) is 133 cm³/mol. The van der Waals surface area contributed by atoms with E-state index in [9.17, 15) is 18.7 Å². The van der Waals surface area contributed by atoms with E-state index in [1.54, 1.807) is 42.5 Å². The number of hydrogen-bond acceptors (Lipinski definition) is 5. The molecule has 0 radical (unpaired) electrons. The van der Waals surface area contributed by atoms with Gasteiger partial charge in [0.05, 0.1) is 11.3 Å². The Morgan fingerprint density at radius 2 is 1.80 bits per heavy atom. The minimum atomic E-state index is -0.698. The molecule has 1 heterocycles. The van der Waals surface area contributed by atoms with Gasteiger partial charge in [-0.2, -0.15) is 0 Å². The first-order chi connectivity index (χ1) is 16.8. The van der Waals surface area contributed by atoms with Crippen molar-refractivity contribution in [2.75, 3.05) is 11.1 Å². The Balaban J connectivity index is 1.53. The van der Waals surface area contributed by atoms with Gasteiger partial charge in [-0.3, -0.25) is 4.79 Å². The van der Waals surface area contributed by atoms with Crippen molar-refractivity contribution in [2.24, 2.45) is 0 Å². The minimum Gasteiger partial charge on any atom is -0.507 e. The molecule has 0 saturated carbocycles. The zero-order valence-electron chi connectivity index (χ0n) is 18.4. The fourth-order valence-electron chi connectivity index (χ4n) is 3.47. The molecule has 35 heavy (non-hydrogen) atoms. The average Bonchev–Trinajstić information content (AvgIpc) is 2.85. The van der Waals surface area contributed by atoms with Crippen LogP contribution >= 0.6 is 11.6 Å². The molecule has 3 aromatic carbocycles. The first-order valence-corrected chi connectivity index (χ1v) is 11.0. The van der Waals surface area contributed by atoms with Crippen molar-refractivity contribution in [3.8, 4) is 17.0 Å². The zero-order chi connectivity index (χ0) is 24.9. The molecule has 0 aliphatic carbocycles. The number of hydrogen-bond donors (Lipinski definition) is 4. The third-order valence-corrected chi connectivity index (χ3v) is 5.53. The van der Waals surface area contributed by atoms with Crippen molar-refractivity contribution in [2.45, 2.75) is 13.2 Å². The van der Waals surface area contributed by atoms with Crippen LogP contribution in [0.4, 0.5) is 26.0 Å². The highest BCUT2D eigenvalue weighted by molar-refractivity contribution is 6.30. The lowest BCUT2D eigenvalue weighted by atomic mass is 10.1. The van der Waals surface area contributed by atoms with E-state index in [2.05, 4.69) is 15.6 Å². The van der Waals surface area contributed by atoms with Gasteiger partial charge in [-0.25, -0.2) is 13.8 Å². The van der Waals surface area contributed by atoms with Crippen LogP contribution in [0.5, 0.6) is 5.75 Å². The van der Waals surface area contributed by atoms with Crippen LogP contribution in [0.25, 0.3) is 11.3 Å². The molecule has 0 unspecified atom stereocenters. The largest absolute Gasteiger partial charge is 0.507 e. The maximum Gasteiger partial charge on any atom is 0.255 e. The van der Waals surface area contributed by atoms with Gasteiger partial charge in [0, 0.05) is 34.1 Å². The number of aromatic hydroxyl groups is 1. The molecule has 178 valence electrons. The standard InChI is InChI=1S/C26H21ClF2N4O2/c27-17-3-8-22(16(11-17)13-28)32-19-6-10-24(34)21(12-19)23-9-7-20(25(30)33-23)26(35)31-14-15-1-4-18(29)5-2-15/h1-12,32,34H,13-14H2,(H2,30,33)(H,31,35). The normalized spacial score (nSPS) is 10.7. The van der Waals surface area contributed by atoms with Crippen LogP contribution in [0.2, 0.25) is 5.02 Å². The molecule has 1 aromatic heterocycles. The molecule has 0 saturated heterocycles. The van der Waals surface area contributed by atoms with Crippen LogP contribution in [0.3, 0.4) is 0 Å². The van der Waals surface area contributed by atoms with E-state index in [4.69, 9.17) is 17.3 Å². The number of rotatable bonds is 7. The number of halogens is 3. The number of nitrogens with one attached hydrogen (secondary N) is 2. The van der Waals surface area contributed by atoms with Crippen LogP contribution in [-0.2, 0) is 13.2 Å². The number of phenolic OH excluding ortho intramolecular Hbond substituents is 1. The van der Waals surface area contributed by atoms with Gasteiger partial charge in [-0.05, 0) is 66.2 Å². The second-order valence-corrected chi connectivity index (χ2v) is 8.17. The second kappa shape index (κ2) is 10.4. The number of phenols is 1. The summed E-state index contributed by atoms with van der Waals surface area (Å²) in [6.45, 7) is -0.503. The lowest BCUT2D eigenvalue weighted by Crippen LogP contribution is -2.24. The van der Waals surface area contributed by atoms with E-state index in [-0.39, 0.29) is 29.5 Å². The van der Waals surface area contributed by atoms with Crippen molar-refractivity contribution >= 4 is 34.7 Å². The van der Waals surface area contributed by atoms with Gasteiger partial charge in [0.25, 0.3) is 5.91 Å². The summed E-state index contributed by atoms with van der Waals surface area (Å²) >= 11 is 5.94. The maximum absolute atomic E-state index is 13.4. The summed E-state index contributed by atoms with van der Waals surface area (Å²) < 4.78 is 26.4. The number of carbonyl (C=O) groups excluding carboxylic acids is 1. The van der Waals surface area contributed by atoms with Crippen molar-refractivity contribution in [3.05, 3.63) is 100 Å². The van der Waals surface area contributed by atoms with E-state index >= 15 is 0 Å². The van der Waals surface area contributed by atoms with Crippen LogP contribution in [-0.4, -0.2) is 16.0 Å². The molecular weight excluding hydrogens is 474 g/mol. The molecule has 0 aliphatic rings. The Hall–Kier alpha value is -4.17. The van der Waals surface area contributed by atoms with Crippen LogP contribution in [0, 0.1) is 5.82 Å². The summed E-state index contributed by atoms with van der Waals surface area (Å²) in [7, 11) is 0. The highest BCUT2D eigenvalue weighted by Gasteiger charge is 2.15. The van der Waals surface area contributed by atoms with Gasteiger partial charge < -0.3 is 21.5 Å². The summed E-state index contributed by atoms with van der Waals surface area (Å²) in [5.41, 5.74) is 9.16. The smallest absolute Gasteiger partial charge is 0.255 e. The number of carbonyl (C=O) groups is 1. The number of nitrogens with two attached hydrogens (primary N) is 1. The number of alkyl halides is 1. The first kappa shape index (κ1) is 24.0. The third kappa shape index (κ3) is 5.67. The van der Waals surface area contributed by atoms with Crippen LogP contribution in [0.1, 0.15) is 21.5 Å². The summed E-state index contributed by atoms with van der Waals surface area (Å²) in [5, 5.41) is 16.7. The van der Waals surface area contributed by atoms with Crippen molar-refractivity contribution < 1.29 is 18.7 Å². The highest BCUT2D eigenvalue weighted by Crippen LogP contribution is 2.33. The van der Waals surface area contributed by atoms with Gasteiger partial charge in [-0.1, -0.05) is 23.7 Å². The molecule has 1 amide bonds. The number of amides is 1. The summed E-state index contributed by atoms with van der Waals surface area (Å²) in [4.78, 5) is 16.8. The molecule has 9 heteroatoms. The van der Waals surface area contributed by atoms with E-state index in [0.717, 1.165) is 5.56 Å². The summed E-state index contributed by atoms with van der Waals surface area (Å²) in [6.07, 6.45) is 0. The molecular formula is C26H21ClF2N4O2. The molecule has 0 atom stereocenters. The molecule has 0 spiro atoms. The Labute approximate surface area is 205 Å². The Morgan fingerprint density at radius 3 is 2.51 bits per heavy atom. The van der Waals surface area contributed by atoms with Crippen LogP contribution < -0.4 is 16.4 Å². The van der Waals surface area contributed by atoms with E-state index < -0.39 is 12.6 Å². The lowest BCUT2D eigenvalue weighted by molar-refractivity contribution is 0.0951. The molecule has 5 N–H and O–H groups in total. The van der Waals surface area contributed by atoms with Crippen molar-refractivity contribution in [1.82, 2.24) is 10.3 Å². The number of pyridine rings is 1. The summed E-state index contributed by atoms with van der Waals surface area (Å²) in [5.74, 6) is -0.860. The monoisotopic (exact) mass is 494 g/mol. The second-order valence-electron chi connectivity index (χ2n) is 7.73. The van der Waals surface area contributed by atoms with Crippen molar-refractivity contribution in [1.29, 1.82) is 0 Å². The molecule has 4 aromatic rings. The Morgan fingerprint density at radius 1 is 1.03 bits per heavy atom. The van der Waals surface area contributed by atoms with Gasteiger partial charge in [-0.15, -0.1) is 0 Å². The molecule has 6 nitrogen and oxygen atoms in total. The van der Waals surface area contributed by atoms with Crippen LogP contribution in [0.15, 0.2) is 72.8 Å². The van der Waals surface area contributed by atoms with E-state index in [1.165, 1.54) is 30.3 Å². The maximum atomic E-state index is 13.4. The van der Waals surface area contributed by atoms with E-state index in [0.29, 0.717) is 33.2 Å². The molecule has 0 bridgehead atoms. The SMILES string of the molecule is Nc1nc(-c2cc(Nc3ccc(Cl)cc3CF)ccc2O)ccc1C(=O)NCc1ccc(F)cc1. The highest BCUT2D eigenvalue weighted by atomic mass is 35.5. The minimum absolute atomic E-state index is 0.0192. The quantitative estimate of drug-likeness (QED) is 0.237. The molecule has 4 rings (SSSR count). The lowest BCUT2D eigenvalue weighted by Gasteiger charge is -2.13. The van der Waals surface area contributed by atoms with E-state index in [1.807, 2.05) is 0 Å². The number of benzene rings is 3.